The van der Waals surface area contributed by atoms with Crippen molar-refractivity contribution in [1.82, 2.24) is 9.71 Å². The number of amidine groups is 1. The first-order valence-electron chi connectivity index (χ1n) is 7.12. The highest BCUT2D eigenvalue weighted by Crippen LogP contribution is 2.20. The second kappa shape index (κ2) is 6.32. The van der Waals surface area contributed by atoms with Gasteiger partial charge in [0.05, 0.1) is 11.7 Å². The van der Waals surface area contributed by atoms with Crippen LogP contribution in [0.2, 0.25) is 0 Å². The molecule has 0 aliphatic rings. The van der Waals surface area contributed by atoms with Crippen LogP contribution >= 0.6 is 0 Å². The molecule has 1 heterocycles. The van der Waals surface area contributed by atoms with E-state index in [2.05, 4.69) is 15.2 Å². The summed E-state index contributed by atoms with van der Waals surface area (Å²) in [7, 11) is 0. The molecule has 0 unspecified atom stereocenters. The SMILES string of the molecule is N=c1c(C(N)=NN=Cc2ccc(O)cc2O)nc2ccccc2n1O. The summed E-state index contributed by atoms with van der Waals surface area (Å²) in [5.41, 5.74) is 6.57. The molecule has 0 amide bonds. The number of phenols is 2. The molecular formula is C16H14N6O3. The first kappa shape index (κ1) is 16.0. The molecule has 6 N–H and O–H groups in total. The number of nitrogens with one attached hydrogen (secondary N) is 1. The van der Waals surface area contributed by atoms with E-state index in [0.29, 0.717) is 21.3 Å². The Balaban J connectivity index is 1.97. The average molecular weight is 338 g/mol. The molecule has 3 rings (SSSR count). The Morgan fingerprint density at radius 1 is 1.20 bits per heavy atom. The Bertz CT molecular complexity index is 1070. The number of aromatic hydroxyl groups is 2. The van der Waals surface area contributed by atoms with Crippen molar-refractivity contribution in [1.29, 1.82) is 5.41 Å². The third-order valence-corrected chi connectivity index (χ3v) is 3.40. The van der Waals surface area contributed by atoms with E-state index in [9.17, 15) is 15.4 Å². The lowest BCUT2D eigenvalue weighted by atomic mass is 10.2. The van der Waals surface area contributed by atoms with E-state index >= 15 is 0 Å². The molecule has 126 valence electrons. The average Bonchev–Trinajstić information content (AvgIpc) is 2.60. The molecule has 0 atom stereocenters. The number of aromatic nitrogens is 2. The monoisotopic (exact) mass is 338 g/mol. The maximum atomic E-state index is 10.0. The van der Waals surface area contributed by atoms with E-state index in [1.165, 1.54) is 18.3 Å². The lowest BCUT2D eigenvalue weighted by Gasteiger charge is -2.06. The zero-order valence-electron chi connectivity index (χ0n) is 12.8. The maximum Gasteiger partial charge on any atom is 0.191 e. The van der Waals surface area contributed by atoms with E-state index < -0.39 is 0 Å². The van der Waals surface area contributed by atoms with Gasteiger partial charge in [-0.15, -0.1) is 5.10 Å². The van der Waals surface area contributed by atoms with E-state index in [-0.39, 0.29) is 28.5 Å². The van der Waals surface area contributed by atoms with Gasteiger partial charge in [-0.2, -0.15) is 9.83 Å². The van der Waals surface area contributed by atoms with Gasteiger partial charge < -0.3 is 21.2 Å². The van der Waals surface area contributed by atoms with Gasteiger partial charge in [0.1, 0.15) is 17.0 Å². The number of nitrogens with two attached hydrogens (primary N) is 1. The van der Waals surface area contributed by atoms with E-state index in [0.717, 1.165) is 6.07 Å². The van der Waals surface area contributed by atoms with Crippen molar-refractivity contribution in [2.45, 2.75) is 0 Å². The van der Waals surface area contributed by atoms with Gasteiger partial charge in [-0.1, -0.05) is 12.1 Å². The second-order valence-corrected chi connectivity index (χ2v) is 5.08. The van der Waals surface area contributed by atoms with Crippen LogP contribution < -0.4 is 11.2 Å². The quantitative estimate of drug-likeness (QED) is 0.208. The van der Waals surface area contributed by atoms with Crippen LogP contribution in [0.3, 0.4) is 0 Å². The minimum absolute atomic E-state index is 0.0340. The highest BCUT2D eigenvalue weighted by molar-refractivity contribution is 5.97. The van der Waals surface area contributed by atoms with Gasteiger partial charge in [0.25, 0.3) is 0 Å². The Morgan fingerprint density at radius 2 is 1.96 bits per heavy atom. The van der Waals surface area contributed by atoms with Crippen molar-refractivity contribution in [2.75, 3.05) is 0 Å². The molecule has 0 aliphatic heterocycles. The fourth-order valence-corrected chi connectivity index (χ4v) is 2.15. The number of rotatable bonds is 3. The predicted molar refractivity (Wildman–Crippen MR) is 90.9 cm³/mol. The van der Waals surface area contributed by atoms with Gasteiger partial charge in [-0.05, 0) is 24.3 Å². The Hall–Kier alpha value is -3.88. The molecule has 0 bridgehead atoms. The van der Waals surface area contributed by atoms with Gasteiger partial charge >= 0.3 is 0 Å². The maximum absolute atomic E-state index is 10.0. The molecule has 9 nitrogen and oxygen atoms in total. The lowest BCUT2D eigenvalue weighted by molar-refractivity contribution is 0.183. The molecule has 0 aliphatic carbocycles. The van der Waals surface area contributed by atoms with Crippen LogP contribution in [0.15, 0.2) is 52.7 Å². The third-order valence-electron chi connectivity index (χ3n) is 3.40. The highest BCUT2D eigenvalue weighted by atomic mass is 16.5. The Kier molecular flexibility index (Phi) is 4.04. The number of hydrogen-bond donors (Lipinski definition) is 5. The Morgan fingerprint density at radius 3 is 2.72 bits per heavy atom. The molecule has 25 heavy (non-hydrogen) atoms. The topological polar surface area (TPSA) is 153 Å². The van der Waals surface area contributed by atoms with Crippen molar-refractivity contribution in [3.8, 4) is 11.5 Å². The molecule has 0 saturated heterocycles. The molecule has 0 fully saturated rings. The third kappa shape index (κ3) is 3.11. The molecule has 0 radical (unpaired) electrons. The van der Waals surface area contributed by atoms with Crippen LogP contribution in [0.5, 0.6) is 11.5 Å². The van der Waals surface area contributed by atoms with Crippen LogP contribution in [0, 0.1) is 5.41 Å². The smallest absolute Gasteiger partial charge is 0.191 e. The van der Waals surface area contributed by atoms with Crippen molar-refractivity contribution < 1.29 is 15.4 Å². The van der Waals surface area contributed by atoms with Crippen LogP contribution in [0.25, 0.3) is 11.0 Å². The summed E-state index contributed by atoms with van der Waals surface area (Å²) in [5.74, 6) is -0.423. The van der Waals surface area contributed by atoms with Crippen molar-refractivity contribution >= 4 is 23.1 Å². The molecule has 9 heteroatoms. The van der Waals surface area contributed by atoms with Crippen LogP contribution in [0.4, 0.5) is 0 Å². The van der Waals surface area contributed by atoms with Crippen LogP contribution in [0.1, 0.15) is 11.3 Å². The number of phenolic OH excluding ortho intramolecular Hbond substituents is 2. The molecule has 1 aromatic heterocycles. The summed E-state index contributed by atoms with van der Waals surface area (Å²) in [6.45, 7) is 0. The summed E-state index contributed by atoms with van der Waals surface area (Å²) in [5, 5.41) is 44.4. The summed E-state index contributed by atoms with van der Waals surface area (Å²) in [4.78, 5) is 4.21. The van der Waals surface area contributed by atoms with Gasteiger partial charge in [-0.25, -0.2) is 4.98 Å². The minimum atomic E-state index is -0.331. The highest BCUT2D eigenvalue weighted by Gasteiger charge is 2.10. The number of benzene rings is 2. The van der Waals surface area contributed by atoms with Crippen LogP contribution in [-0.2, 0) is 0 Å². The molecular weight excluding hydrogens is 324 g/mol. The zero-order chi connectivity index (χ0) is 18.0. The molecule has 0 spiro atoms. The number of hydrogen-bond acceptors (Lipinski definition) is 7. The molecule has 0 saturated carbocycles. The minimum Gasteiger partial charge on any atom is -0.508 e. The standard InChI is InChI=1S/C16H14N6O3/c17-15(21-19-8-9-5-6-10(23)7-13(9)24)14-16(18)22(25)12-4-2-1-3-11(12)20-14/h1-8,18,23-25H,(H2,17,21). The van der Waals surface area contributed by atoms with Gasteiger partial charge in [0.15, 0.2) is 17.0 Å². The summed E-state index contributed by atoms with van der Waals surface area (Å²) in [6.07, 6.45) is 1.24. The molecule has 3 aromatic rings. The van der Waals surface area contributed by atoms with Crippen molar-refractivity contribution in [3.63, 3.8) is 0 Å². The summed E-state index contributed by atoms with van der Waals surface area (Å²) in [6, 6.07) is 10.7. The normalized spacial score (nSPS) is 12.1. The predicted octanol–water partition coefficient (Wildman–Crippen LogP) is 0.904. The zero-order valence-corrected chi connectivity index (χ0v) is 12.8. The van der Waals surface area contributed by atoms with E-state index in [1.807, 2.05) is 0 Å². The van der Waals surface area contributed by atoms with Gasteiger partial charge in [0.2, 0.25) is 0 Å². The number of para-hydroxylation sites is 2. The van der Waals surface area contributed by atoms with Crippen LogP contribution in [-0.4, -0.2) is 37.2 Å². The Labute approximate surface area is 141 Å². The van der Waals surface area contributed by atoms with Gasteiger partial charge in [0, 0.05) is 11.6 Å². The molecule has 2 aromatic carbocycles. The summed E-state index contributed by atoms with van der Waals surface area (Å²) < 4.78 is 0.662. The summed E-state index contributed by atoms with van der Waals surface area (Å²) >= 11 is 0. The van der Waals surface area contributed by atoms with E-state index in [4.69, 9.17) is 11.1 Å². The second-order valence-electron chi connectivity index (χ2n) is 5.08. The van der Waals surface area contributed by atoms with Crippen molar-refractivity contribution in [2.24, 2.45) is 15.9 Å². The fourth-order valence-electron chi connectivity index (χ4n) is 2.15. The van der Waals surface area contributed by atoms with E-state index in [1.54, 1.807) is 24.3 Å². The number of nitrogens with zero attached hydrogens (tertiary/aromatic N) is 4. The largest absolute Gasteiger partial charge is 0.508 e. The lowest BCUT2D eigenvalue weighted by Crippen LogP contribution is -2.31. The van der Waals surface area contributed by atoms with Gasteiger partial charge in [-0.3, -0.25) is 5.41 Å². The first-order chi connectivity index (χ1) is 12.0. The van der Waals surface area contributed by atoms with Crippen molar-refractivity contribution in [3.05, 3.63) is 59.2 Å². The number of fused-ring (bicyclic) bond motifs is 1. The fraction of sp³-hybridized carbons (Fsp3) is 0. The first-order valence-corrected chi connectivity index (χ1v) is 7.12.